The van der Waals surface area contributed by atoms with E-state index in [1.54, 1.807) is 0 Å². The number of amides is 1. The summed E-state index contributed by atoms with van der Waals surface area (Å²) < 4.78 is 0. The second-order valence-electron chi connectivity index (χ2n) is 4.25. The number of aromatic nitrogens is 1. The maximum Gasteiger partial charge on any atom is 0.266 e. The van der Waals surface area contributed by atoms with E-state index in [4.69, 9.17) is 0 Å². The van der Waals surface area contributed by atoms with E-state index >= 15 is 0 Å². The lowest BCUT2D eigenvalue weighted by molar-refractivity contribution is 0.103. The standard InChI is InChI=1S/C15H12N2OS/c1-10-6-8-13(19-10)15(18)17-14-9-7-11-4-2-3-5-12(11)16-14/h2-9H,1H3,(H,16,17,18). The number of hydrogen-bond acceptors (Lipinski definition) is 3. The normalized spacial score (nSPS) is 10.6. The van der Waals surface area contributed by atoms with Crippen molar-refractivity contribution in [1.82, 2.24) is 4.98 Å². The molecule has 0 spiro atoms. The Labute approximate surface area is 114 Å². The molecular weight excluding hydrogens is 256 g/mol. The molecule has 0 bridgehead atoms. The van der Waals surface area contributed by atoms with Crippen LogP contribution in [0.15, 0.2) is 48.5 Å². The molecule has 2 heterocycles. The van der Waals surface area contributed by atoms with Crippen molar-refractivity contribution >= 4 is 34.0 Å². The summed E-state index contributed by atoms with van der Waals surface area (Å²) in [6.45, 7) is 1.98. The Morgan fingerprint density at radius 2 is 1.95 bits per heavy atom. The van der Waals surface area contributed by atoms with Gasteiger partial charge in [0.1, 0.15) is 5.82 Å². The Morgan fingerprint density at radius 1 is 1.11 bits per heavy atom. The number of nitrogens with one attached hydrogen (secondary N) is 1. The van der Waals surface area contributed by atoms with Gasteiger partial charge in [-0.1, -0.05) is 18.2 Å². The molecule has 0 fully saturated rings. The summed E-state index contributed by atoms with van der Waals surface area (Å²) >= 11 is 1.48. The third-order valence-electron chi connectivity index (χ3n) is 2.80. The van der Waals surface area contributed by atoms with Gasteiger partial charge in [-0.25, -0.2) is 4.98 Å². The van der Waals surface area contributed by atoms with Crippen LogP contribution in [0.4, 0.5) is 5.82 Å². The molecule has 19 heavy (non-hydrogen) atoms. The van der Waals surface area contributed by atoms with Crippen LogP contribution in [0.5, 0.6) is 0 Å². The number of rotatable bonds is 2. The maximum atomic E-state index is 12.0. The molecule has 94 valence electrons. The number of pyridine rings is 1. The first-order chi connectivity index (χ1) is 9.22. The number of anilines is 1. The molecule has 1 amide bonds. The van der Waals surface area contributed by atoms with Crippen LogP contribution in [0.25, 0.3) is 10.9 Å². The van der Waals surface area contributed by atoms with Crippen molar-refractivity contribution in [2.45, 2.75) is 6.92 Å². The molecule has 4 heteroatoms. The molecule has 0 saturated carbocycles. The summed E-state index contributed by atoms with van der Waals surface area (Å²) in [7, 11) is 0. The summed E-state index contributed by atoms with van der Waals surface area (Å²) in [4.78, 5) is 18.3. The molecule has 3 nitrogen and oxygen atoms in total. The Morgan fingerprint density at radius 3 is 2.74 bits per heavy atom. The van der Waals surface area contributed by atoms with Gasteiger partial charge in [0.15, 0.2) is 0 Å². The third kappa shape index (κ3) is 2.48. The first kappa shape index (κ1) is 11.9. The van der Waals surface area contributed by atoms with Crippen molar-refractivity contribution in [3.05, 3.63) is 58.3 Å². The Bertz CT molecular complexity index is 748. The summed E-state index contributed by atoms with van der Waals surface area (Å²) in [5, 5.41) is 3.89. The average Bonchev–Trinajstić information content (AvgIpc) is 2.85. The molecule has 0 saturated heterocycles. The van der Waals surface area contributed by atoms with Crippen LogP contribution in [0, 0.1) is 6.92 Å². The van der Waals surface area contributed by atoms with Gasteiger partial charge in [-0.3, -0.25) is 4.79 Å². The average molecular weight is 268 g/mol. The highest BCUT2D eigenvalue weighted by atomic mass is 32.1. The van der Waals surface area contributed by atoms with Gasteiger partial charge in [-0.05, 0) is 37.3 Å². The van der Waals surface area contributed by atoms with Gasteiger partial charge in [0.25, 0.3) is 5.91 Å². The fourth-order valence-corrected chi connectivity index (χ4v) is 2.63. The molecule has 0 aliphatic carbocycles. The van der Waals surface area contributed by atoms with E-state index in [1.807, 2.05) is 55.5 Å². The topological polar surface area (TPSA) is 42.0 Å². The highest BCUT2D eigenvalue weighted by Crippen LogP contribution is 2.18. The number of hydrogen-bond donors (Lipinski definition) is 1. The van der Waals surface area contributed by atoms with Crippen LogP contribution in [-0.4, -0.2) is 10.9 Å². The predicted octanol–water partition coefficient (Wildman–Crippen LogP) is 3.86. The molecule has 1 N–H and O–H groups in total. The van der Waals surface area contributed by atoms with Crippen LogP contribution in [0.2, 0.25) is 0 Å². The lowest BCUT2D eigenvalue weighted by Crippen LogP contribution is -2.11. The summed E-state index contributed by atoms with van der Waals surface area (Å²) in [5.74, 6) is 0.468. The van der Waals surface area contributed by atoms with Gasteiger partial charge in [0.05, 0.1) is 10.4 Å². The summed E-state index contributed by atoms with van der Waals surface area (Å²) in [5.41, 5.74) is 0.877. The monoisotopic (exact) mass is 268 g/mol. The van der Waals surface area contributed by atoms with E-state index in [1.165, 1.54) is 11.3 Å². The molecule has 0 aliphatic heterocycles. The van der Waals surface area contributed by atoms with Crippen LogP contribution in [0.1, 0.15) is 14.5 Å². The van der Waals surface area contributed by atoms with Crippen LogP contribution in [-0.2, 0) is 0 Å². The number of benzene rings is 1. The van der Waals surface area contributed by atoms with Crippen molar-refractivity contribution < 1.29 is 4.79 Å². The molecule has 0 radical (unpaired) electrons. The maximum absolute atomic E-state index is 12.0. The number of thiophene rings is 1. The molecule has 1 aromatic carbocycles. The summed E-state index contributed by atoms with van der Waals surface area (Å²) in [6, 6.07) is 15.4. The minimum Gasteiger partial charge on any atom is -0.306 e. The molecule has 2 aromatic heterocycles. The van der Waals surface area contributed by atoms with Crippen molar-refractivity contribution in [1.29, 1.82) is 0 Å². The van der Waals surface area contributed by atoms with Gasteiger partial charge in [-0.15, -0.1) is 11.3 Å². The minimum absolute atomic E-state index is 0.110. The van der Waals surface area contributed by atoms with Crippen LogP contribution < -0.4 is 5.32 Å². The SMILES string of the molecule is Cc1ccc(C(=O)Nc2ccc3ccccc3n2)s1. The predicted molar refractivity (Wildman–Crippen MR) is 78.8 cm³/mol. The fourth-order valence-electron chi connectivity index (χ4n) is 1.87. The minimum atomic E-state index is -0.110. The van der Waals surface area contributed by atoms with E-state index in [0.29, 0.717) is 10.7 Å². The van der Waals surface area contributed by atoms with Gasteiger partial charge in [0.2, 0.25) is 0 Å². The Hall–Kier alpha value is -2.20. The highest BCUT2D eigenvalue weighted by Gasteiger charge is 2.09. The molecule has 3 aromatic rings. The zero-order chi connectivity index (χ0) is 13.2. The van der Waals surface area contributed by atoms with Crippen molar-refractivity contribution in [2.75, 3.05) is 5.32 Å². The molecular formula is C15H12N2OS. The fraction of sp³-hybridized carbons (Fsp3) is 0.0667. The number of nitrogens with zero attached hydrogens (tertiary/aromatic N) is 1. The van der Waals surface area contributed by atoms with Gasteiger partial charge in [0, 0.05) is 10.3 Å². The number of aryl methyl sites for hydroxylation is 1. The van der Waals surface area contributed by atoms with E-state index in [0.717, 1.165) is 15.8 Å². The first-order valence-corrected chi connectivity index (χ1v) is 6.77. The van der Waals surface area contributed by atoms with E-state index < -0.39 is 0 Å². The molecule has 0 atom stereocenters. The largest absolute Gasteiger partial charge is 0.306 e. The van der Waals surface area contributed by atoms with E-state index in [9.17, 15) is 4.79 Å². The lowest BCUT2D eigenvalue weighted by atomic mass is 10.2. The Kier molecular flexibility index (Phi) is 3.01. The molecule has 3 rings (SSSR count). The first-order valence-electron chi connectivity index (χ1n) is 5.96. The lowest BCUT2D eigenvalue weighted by Gasteiger charge is -2.04. The number of fused-ring (bicyclic) bond motifs is 1. The van der Waals surface area contributed by atoms with Crippen molar-refractivity contribution in [2.24, 2.45) is 0 Å². The quantitative estimate of drug-likeness (QED) is 0.767. The van der Waals surface area contributed by atoms with Crippen LogP contribution >= 0.6 is 11.3 Å². The summed E-state index contributed by atoms with van der Waals surface area (Å²) in [6.07, 6.45) is 0. The van der Waals surface area contributed by atoms with Gasteiger partial charge >= 0.3 is 0 Å². The smallest absolute Gasteiger partial charge is 0.266 e. The van der Waals surface area contributed by atoms with Crippen molar-refractivity contribution in [3.63, 3.8) is 0 Å². The zero-order valence-electron chi connectivity index (χ0n) is 10.4. The number of para-hydroxylation sites is 1. The third-order valence-corrected chi connectivity index (χ3v) is 3.80. The second kappa shape index (κ2) is 4.82. The highest BCUT2D eigenvalue weighted by molar-refractivity contribution is 7.14. The van der Waals surface area contributed by atoms with E-state index in [-0.39, 0.29) is 5.91 Å². The zero-order valence-corrected chi connectivity index (χ0v) is 11.2. The molecule has 0 aliphatic rings. The second-order valence-corrected chi connectivity index (χ2v) is 5.54. The van der Waals surface area contributed by atoms with E-state index in [2.05, 4.69) is 10.3 Å². The number of carbonyl (C=O) groups is 1. The van der Waals surface area contributed by atoms with Gasteiger partial charge in [-0.2, -0.15) is 0 Å². The van der Waals surface area contributed by atoms with Gasteiger partial charge < -0.3 is 5.32 Å². The number of carbonyl (C=O) groups excluding carboxylic acids is 1. The van der Waals surface area contributed by atoms with Crippen LogP contribution in [0.3, 0.4) is 0 Å². The molecule has 0 unspecified atom stereocenters. The van der Waals surface area contributed by atoms with Crippen molar-refractivity contribution in [3.8, 4) is 0 Å². The Balaban J connectivity index is 1.87.